The summed E-state index contributed by atoms with van der Waals surface area (Å²) in [4.78, 5) is 34.0. The van der Waals surface area contributed by atoms with Crippen LogP contribution in [0.3, 0.4) is 0 Å². The number of ether oxygens (including phenoxy) is 1. The van der Waals surface area contributed by atoms with Gasteiger partial charge >= 0.3 is 6.18 Å². The first-order valence-electron chi connectivity index (χ1n) is 14.4. The van der Waals surface area contributed by atoms with Gasteiger partial charge in [-0.25, -0.2) is 0 Å². The Morgan fingerprint density at radius 1 is 1.02 bits per heavy atom. The van der Waals surface area contributed by atoms with Crippen molar-refractivity contribution in [3.8, 4) is 17.0 Å². The predicted octanol–water partition coefficient (Wildman–Crippen LogP) is 5.90. The van der Waals surface area contributed by atoms with E-state index >= 15 is 0 Å². The molecule has 0 aliphatic carbocycles. The summed E-state index contributed by atoms with van der Waals surface area (Å²) in [7, 11) is 0. The number of carbonyl (C=O) groups is 1. The number of fused-ring (bicyclic) bond motifs is 1. The molecule has 0 unspecified atom stereocenters. The van der Waals surface area contributed by atoms with Crippen LogP contribution in [0.1, 0.15) is 40.7 Å². The summed E-state index contributed by atoms with van der Waals surface area (Å²) >= 11 is 0. The smallest absolute Gasteiger partial charge is 0.416 e. The molecule has 0 saturated carbocycles. The van der Waals surface area contributed by atoms with Gasteiger partial charge in [-0.05, 0) is 74.0 Å². The minimum Gasteiger partial charge on any atom is -0.492 e. The molecule has 0 spiro atoms. The molecule has 44 heavy (non-hydrogen) atoms. The lowest BCUT2D eigenvalue weighted by Gasteiger charge is -2.26. The van der Waals surface area contributed by atoms with Crippen molar-refractivity contribution in [2.75, 3.05) is 31.6 Å². The van der Waals surface area contributed by atoms with Crippen LogP contribution < -0.4 is 15.6 Å². The number of H-pyrrole nitrogens is 2. The van der Waals surface area contributed by atoms with Gasteiger partial charge in [0.1, 0.15) is 12.4 Å². The quantitative estimate of drug-likeness (QED) is 0.194. The van der Waals surface area contributed by atoms with E-state index in [1.165, 1.54) is 54.7 Å². The van der Waals surface area contributed by atoms with Gasteiger partial charge < -0.3 is 20.0 Å². The maximum Gasteiger partial charge on any atom is 0.416 e. The molecule has 4 heterocycles. The zero-order valence-electron chi connectivity index (χ0n) is 23.8. The van der Waals surface area contributed by atoms with Gasteiger partial charge in [0.05, 0.1) is 40.8 Å². The van der Waals surface area contributed by atoms with Gasteiger partial charge in [-0.1, -0.05) is 18.6 Å². The number of aromatic amines is 2. The Hall–Kier alpha value is -4.84. The van der Waals surface area contributed by atoms with Gasteiger partial charge in [0, 0.05) is 29.8 Å². The topological polar surface area (TPSA) is 108 Å². The third-order valence-electron chi connectivity index (χ3n) is 7.69. The molecule has 1 saturated heterocycles. The Bertz CT molecular complexity index is 1820. The van der Waals surface area contributed by atoms with Crippen LogP contribution in [-0.4, -0.2) is 56.8 Å². The first kappa shape index (κ1) is 29.2. The normalized spacial score (nSPS) is 14.2. The molecule has 1 aliphatic rings. The minimum atomic E-state index is -4.41. The van der Waals surface area contributed by atoms with E-state index in [0.717, 1.165) is 48.4 Å². The SMILES string of the molecule is O=C(Nc1c[nH]c(=O)c(-c2cc3cc(OCCN4CCCCC4)ccc3[nH]2)c1)c1cnn(Cc2ccc(C(F)(F)F)cc2)c1. The van der Waals surface area contributed by atoms with E-state index in [2.05, 4.69) is 25.3 Å². The standard InChI is InChI=1S/C32H31F3N6O3/c33-32(34,35)24-6-4-21(5-7-24)19-41-20-23(17-37-41)30(42)38-25-16-27(31(43)36-18-25)29-15-22-14-26(8-9-28(22)39-29)44-13-12-40-10-2-1-3-11-40/h4-9,14-18,20,39H,1-3,10-13,19H2,(H,36,43)(H,38,42). The average molecular weight is 605 g/mol. The molecule has 0 bridgehead atoms. The average Bonchev–Trinajstić information content (AvgIpc) is 3.66. The van der Waals surface area contributed by atoms with E-state index in [1.54, 1.807) is 6.07 Å². The molecule has 1 amide bonds. The summed E-state index contributed by atoms with van der Waals surface area (Å²) in [5, 5.41) is 7.81. The molecule has 228 valence electrons. The van der Waals surface area contributed by atoms with Crippen LogP contribution in [0.4, 0.5) is 18.9 Å². The summed E-state index contributed by atoms with van der Waals surface area (Å²) in [6.45, 7) is 3.93. The van der Waals surface area contributed by atoms with Crippen LogP contribution in [0.25, 0.3) is 22.2 Å². The summed E-state index contributed by atoms with van der Waals surface area (Å²) in [5.74, 6) is 0.304. The molecule has 0 atom stereocenters. The molecule has 6 rings (SSSR count). The molecule has 3 aromatic heterocycles. The Kier molecular flexibility index (Phi) is 8.25. The number of benzene rings is 2. The molecule has 1 aliphatic heterocycles. The minimum absolute atomic E-state index is 0.194. The summed E-state index contributed by atoms with van der Waals surface area (Å²) < 4.78 is 45.9. The van der Waals surface area contributed by atoms with Gasteiger partial charge in [0.2, 0.25) is 0 Å². The predicted molar refractivity (Wildman–Crippen MR) is 161 cm³/mol. The van der Waals surface area contributed by atoms with Crippen LogP contribution in [-0.2, 0) is 12.7 Å². The second-order valence-electron chi connectivity index (χ2n) is 10.9. The van der Waals surface area contributed by atoms with E-state index in [4.69, 9.17) is 4.74 Å². The Morgan fingerprint density at radius 2 is 1.82 bits per heavy atom. The first-order valence-corrected chi connectivity index (χ1v) is 14.4. The van der Waals surface area contributed by atoms with Crippen molar-refractivity contribution >= 4 is 22.5 Å². The molecule has 3 N–H and O–H groups in total. The van der Waals surface area contributed by atoms with Crippen LogP contribution in [0.5, 0.6) is 5.75 Å². The number of aromatic nitrogens is 4. The van der Waals surface area contributed by atoms with Gasteiger partial charge in [-0.2, -0.15) is 18.3 Å². The zero-order valence-corrected chi connectivity index (χ0v) is 23.8. The van der Waals surface area contributed by atoms with Crippen molar-refractivity contribution in [2.24, 2.45) is 0 Å². The molecule has 2 aromatic carbocycles. The summed E-state index contributed by atoms with van der Waals surface area (Å²) in [6, 6.07) is 14.0. The van der Waals surface area contributed by atoms with Crippen molar-refractivity contribution in [1.82, 2.24) is 24.6 Å². The van der Waals surface area contributed by atoms with Crippen molar-refractivity contribution in [2.45, 2.75) is 32.0 Å². The molecule has 12 heteroatoms. The number of rotatable bonds is 9. The lowest BCUT2D eigenvalue weighted by molar-refractivity contribution is -0.137. The van der Waals surface area contributed by atoms with E-state index in [0.29, 0.717) is 29.1 Å². The molecular weight excluding hydrogens is 573 g/mol. The van der Waals surface area contributed by atoms with Gasteiger partial charge in [-0.3, -0.25) is 19.2 Å². The van der Waals surface area contributed by atoms with Gasteiger partial charge in [0.25, 0.3) is 11.5 Å². The Balaban J connectivity index is 1.10. The second-order valence-corrected chi connectivity index (χ2v) is 10.9. The maximum absolute atomic E-state index is 12.9. The third-order valence-corrected chi connectivity index (χ3v) is 7.69. The van der Waals surface area contributed by atoms with Gasteiger partial charge in [0.15, 0.2) is 0 Å². The molecular formula is C32H31F3N6O3. The number of pyridine rings is 1. The fraction of sp³-hybridized carbons (Fsp3) is 0.281. The molecule has 1 fully saturated rings. The van der Waals surface area contributed by atoms with E-state index in [9.17, 15) is 22.8 Å². The number of hydrogen-bond acceptors (Lipinski definition) is 5. The number of carbonyl (C=O) groups excluding carboxylic acids is 1. The number of halogens is 3. The maximum atomic E-state index is 12.9. The highest BCUT2D eigenvalue weighted by molar-refractivity contribution is 6.04. The van der Waals surface area contributed by atoms with Crippen molar-refractivity contribution < 1.29 is 22.7 Å². The van der Waals surface area contributed by atoms with Gasteiger partial charge in [-0.15, -0.1) is 0 Å². The number of anilines is 1. The van der Waals surface area contributed by atoms with Crippen molar-refractivity contribution in [3.63, 3.8) is 0 Å². The van der Waals surface area contributed by atoms with Crippen LogP contribution >= 0.6 is 0 Å². The number of alkyl halides is 3. The number of amides is 1. The van der Waals surface area contributed by atoms with E-state index < -0.39 is 17.6 Å². The summed E-state index contributed by atoms with van der Waals surface area (Å²) in [6.07, 6.45) is 3.65. The Labute approximate surface area is 250 Å². The number of nitrogens with zero attached hydrogens (tertiary/aromatic N) is 3. The fourth-order valence-electron chi connectivity index (χ4n) is 5.33. The Morgan fingerprint density at radius 3 is 2.59 bits per heavy atom. The highest BCUT2D eigenvalue weighted by Crippen LogP contribution is 2.29. The van der Waals surface area contributed by atoms with Crippen LogP contribution in [0.15, 0.2) is 78.0 Å². The monoisotopic (exact) mass is 604 g/mol. The lowest BCUT2D eigenvalue weighted by atomic mass is 10.1. The van der Waals surface area contributed by atoms with Crippen LogP contribution in [0, 0.1) is 0 Å². The highest BCUT2D eigenvalue weighted by Gasteiger charge is 2.30. The first-order chi connectivity index (χ1) is 21.2. The van der Waals surface area contributed by atoms with Crippen LogP contribution in [0.2, 0.25) is 0 Å². The number of likely N-dealkylation sites (tertiary alicyclic amines) is 1. The second kappa shape index (κ2) is 12.4. The number of nitrogens with one attached hydrogen (secondary N) is 3. The highest BCUT2D eigenvalue weighted by atomic mass is 19.4. The number of hydrogen-bond donors (Lipinski definition) is 3. The number of piperidine rings is 1. The fourth-order valence-corrected chi connectivity index (χ4v) is 5.33. The zero-order chi connectivity index (χ0) is 30.7. The third kappa shape index (κ3) is 6.86. The molecule has 0 radical (unpaired) electrons. The van der Waals surface area contributed by atoms with Crippen molar-refractivity contribution in [3.05, 3.63) is 100 Å². The van der Waals surface area contributed by atoms with Crippen molar-refractivity contribution in [1.29, 1.82) is 0 Å². The largest absolute Gasteiger partial charge is 0.492 e. The lowest BCUT2D eigenvalue weighted by Crippen LogP contribution is -2.33. The van der Waals surface area contributed by atoms with E-state index in [1.807, 2.05) is 24.3 Å². The van der Waals surface area contributed by atoms with E-state index in [-0.39, 0.29) is 17.7 Å². The molecule has 9 nitrogen and oxygen atoms in total. The summed E-state index contributed by atoms with van der Waals surface area (Å²) in [5.41, 5.74) is 1.97. The molecule has 5 aromatic rings.